The van der Waals surface area contributed by atoms with Crippen LogP contribution >= 0.6 is 0 Å². The zero-order valence-corrected chi connectivity index (χ0v) is 14.8. The molecule has 0 saturated heterocycles. The van der Waals surface area contributed by atoms with Gasteiger partial charge in [-0.3, -0.25) is 4.79 Å². The lowest BCUT2D eigenvalue weighted by Gasteiger charge is -2.09. The summed E-state index contributed by atoms with van der Waals surface area (Å²) in [5.74, 6) is -0.889. The van der Waals surface area contributed by atoms with E-state index < -0.39 is 5.97 Å². The van der Waals surface area contributed by atoms with Crippen molar-refractivity contribution < 1.29 is 14.3 Å². The van der Waals surface area contributed by atoms with Crippen LogP contribution in [-0.2, 0) is 16.6 Å². The predicted molar refractivity (Wildman–Crippen MR) is 106 cm³/mol. The van der Waals surface area contributed by atoms with Gasteiger partial charge in [0.25, 0.3) is 5.91 Å². The van der Waals surface area contributed by atoms with Gasteiger partial charge in [-0.1, -0.05) is 54.6 Å². The SMILES string of the molecule is Cn1cc(C(=O)OCC(=O)Nc2cccc3ccccc23)c2ccccc21. The summed E-state index contributed by atoms with van der Waals surface area (Å²) in [5.41, 5.74) is 2.08. The molecule has 0 spiro atoms. The van der Waals surface area contributed by atoms with E-state index in [9.17, 15) is 9.59 Å². The van der Waals surface area contributed by atoms with Crippen molar-refractivity contribution in [3.05, 3.63) is 78.5 Å². The smallest absolute Gasteiger partial charge is 0.340 e. The summed E-state index contributed by atoms with van der Waals surface area (Å²) >= 11 is 0. The van der Waals surface area contributed by atoms with Gasteiger partial charge in [0.1, 0.15) is 0 Å². The average Bonchev–Trinajstić information content (AvgIpc) is 3.04. The minimum absolute atomic E-state index is 0.342. The first-order chi connectivity index (χ1) is 13.1. The van der Waals surface area contributed by atoms with Gasteiger partial charge < -0.3 is 14.6 Å². The summed E-state index contributed by atoms with van der Waals surface area (Å²) in [5, 5.41) is 5.59. The van der Waals surface area contributed by atoms with Crippen LogP contribution in [0.25, 0.3) is 21.7 Å². The number of hydrogen-bond acceptors (Lipinski definition) is 3. The summed E-state index contributed by atoms with van der Waals surface area (Å²) in [6.45, 7) is -0.342. The number of nitrogens with one attached hydrogen (secondary N) is 1. The molecule has 134 valence electrons. The van der Waals surface area contributed by atoms with Gasteiger partial charge in [0, 0.05) is 35.2 Å². The highest BCUT2D eigenvalue weighted by Gasteiger charge is 2.16. The van der Waals surface area contributed by atoms with Crippen molar-refractivity contribution in [1.82, 2.24) is 4.57 Å². The topological polar surface area (TPSA) is 60.3 Å². The second kappa shape index (κ2) is 6.96. The molecule has 1 N–H and O–H groups in total. The maximum absolute atomic E-state index is 12.4. The number of aryl methyl sites for hydroxylation is 1. The van der Waals surface area contributed by atoms with E-state index in [1.165, 1.54) is 0 Å². The van der Waals surface area contributed by atoms with Gasteiger partial charge in [-0.25, -0.2) is 4.79 Å². The summed E-state index contributed by atoms with van der Waals surface area (Å²) in [7, 11) is 1.87. The van der Waals surface area contributed by atoms with Crippen LogP contribution in [0.3, 0.4) is 0 Å². The van der Waals surface area contributed by atoms with E-state index in [2.05, 4.69) is 5.32 Å². The molecule has 5 nitrogen and oxygen atoms in total. The molecule has 0 bridgehead atoms. The number of carbonyl (C=O) groups is 2. The van der Waals surface area contributed by atoms with Crippen molar-refractivity contribution in [2.75, 3.05) is 11.9 Å². The van der Waals surface area contributed by atoms with Crippen LogP contribution in [0.4, 0.5) is 5.69 Å². The third-order valence-corrected chi connectivity index (χ3v) is 4.51. The zero-order valence-electron chi connectivity index (χ0n) is 14.8. The van der Waals surface area contributed by atoms with Crippen molar-refractivity contribution in [2.24, 2.45) is 7.05 Å². The summed E-state index contributed by atoms with van der Waals surface area (Å²) < 4.78 is 7.09. The molecule has 5 heteroatoms. The van der Waals surface area contributed by atoms with Crippen LogP contribution in [0.2, 0.25) is 0 Å². The van der Waals surface area contributed by atoms with E-state index >= 15 is 0 Å². The largest absolute Gasteiger partial charge is 0.452 e. The number of amides is 1. The minimum Gasteiger partial charge on any atom is -0.452 e. The number of para-hydroxylation sites is 1. The number of benzene rings is 3. The molecule has 4 rings (SSSR count). The Hall–Kier alpha value is -3.60. The van der Waals surface area contributed by atoms with E-state index in [1.807, 2.05) is 78.3 Å². The number of hydrogen-bond donors (Lipinski definition) is 1. The molecule has 0 aliphatic heterocycles. The van der Waals surface area contributed by atoms with Crippen LogP contribution in [0, 0.1) is 0 Å². The first kappa shape index (κ1) is 16.8. The lowest BCUT2D eigenvalue weighted by molar-refractivity contribution is -0.119. The molecule has 1 aromatic heterocycles. The second-order valence-electron chi connectivity index (χ2n) is 6.32. The molecule has 0 aliphatic carbocycles. The number of nitrogens with zero attached hydrogens (tertiary/aromatic N) is 1. The minimum atomic E-state index is -0.514. The Labute approximate surface area is 156 Å². The predicted octanol–water partition coefficient (Wildman–Crippen LogP) is 4.13. The number of fused-ring (bicyclic) bond motifs is 2. The van der Waals surface area contributed by atoms with Crippen LogP contribution < -0.4 is 5.32 Å². The highest BCUT2D eigenvalue weighted by atomic mass is 16.5. The first-order valence-corrected chi connectivity index (χ1v) is 8.62. The van der Waals surface area contributed by atoms with E-state index in [0.717, 1.165) is 21.7 Å². The van der Waals surface area contributed by atoms with Gasteiger partial charge in [0.05, 0.1) is 5.56 Å². The Morgan fingerprint density at radius 1 is 0.926 bits per heavy atom. The fourth-order valence-electron chi connectivity index (χ4n) is 3.23. The molecule has 3 aromatic carbocycles. The number of anilines is 1. The third-order valence-electron chi connectivity index (χ3n) is 4.51. The van der Waals surface area contributed by atoms with Gasteiger partial charge in [0.2, 0.25) is 0 Å². The van der Waals surface area contributed by atoms with E-state index in [1.54, 1.807) is 6.20 Å². The lowest BCUT2D eigenvalue weighted by Crippen LogP contribution is -2.21. The Bertz CT molecular complexity index is 1160. The van der Waals surface area contributed by atoms with Gasteiger partial charge in [0.15, 0.2) is 6.61 Å². The Morgan fingerprint density at radius 2 is 1.63 bits per heavy atom. The molecular formula is C22H18N2O3. The molecule has 0 unspecified atom stereocenters. The lowest BCUT2D eigenvalue weighted by atomic mass is 10.1. The fourth-order valence-corrected chi connectivity index (χ4v) is 3.23. The molecule has 0 saturated carbocycles. The van der Waals surface area contributed by atoms with Gasteiger partial charge >= 0.3 is 5.97 Å². The van der Waals surface area contributed by atoms with Gasteiger partial charge in [-0.05, 0) is 17.5 Å². The third kappa shape index (κ3) is 3.27. The van der Waals surface area contributed by atoms with Crippen molar-refractivity contribution >= 4 is 39.2 Å². The zero-order chi connectivity index (χ0) is 18.8. The van der Waals surface area contributed by atoms with Crippen molar-refractivity contribution in [2.45, 2.75) is 0 Å². The number of carbonyl (C=O) groups excluding carboxylic acids is 2. The van der Waals surface area contributed by atoms with Crippen LogP contribution in [0.5, 0.6) is 0 Å². The monoisotopic (exact) mass is 358 g/mol. The quantitative estimate of drug-likeness (QED) is 0.558. The normalized spacial score (nSPS) is 10.9. The molecule has 4 aromatic rings. The van der Waals surface area contributed by atoms with E-state index in [4.69, 9.17) is 4.74 Å². The molecule has 0 aliphatic rings. The van der Waals surface area contributed by atoms with Crippen LogP contribution in [0.15, 0.2) is 72.9 Å². The van der Waals surface area contributed by atoms with Gasteiger partial charge in [-0.15, -0.1) is 0 Å². The Morgan fingerprint density at radius 3 is 2.48 bits per heavy atom. The number of aromatic nitrogens is 1. The first-order valence-electron chi connectivity index (χ1n) is 8.62. The maximum Gasteiger partial charge on any atom is 0.340 e. The van der Waals surface area contributed by atoms with E-state index in [0.29, 0.717) is 11.3 Å². The maximum atomic E-state index is 12.4. The fraction of sp³-hybridized carbons (Fsp3) is 0.0909. The summed E-state index contributed by atoms with van der Waals surface area (Å²) in [6.07, 6.45) is 1.72. The standard InChI is InChI=1S/C22H18N2O3/c1-24-13-18(17-10-4-5-12-20(17)24)22(26)27-14-21(25)23-19-11-6-8-15-7-2-3-9-16(15)19/h2-13H,14H2,1H3,(H,23,25). The summed E-state index contributed by atoms with van der Waals surface area (Å²) in [6, 6.07) is 21.0. The Balaban J connectivity index is 1.46. The molecule has 27 heavy (non-hydrogen) atoms. The van der Waals surface area contributed by atoms with Gasteiger partial charge in [-0.2, -0.15) is 0 Å². The van der Waals surface area contributed by atoms with Crippen molar-refractivity contribution in [3.8, 4) is 0 Å². The summed E-state index contributed by atoms with van der Waals surface area (Å²) in [4.78, 5) is 24.7. The van der Waals surface area contributed by atoms with Crippen LogP contribution in [-0.4, -0.2) is 23.1 Å². The van der Waals surface area contributed by atoms with Crippen molar-refractivity contribution in [1.29, 1.82) is 0 Å². The van der Waals surface area contributed by atoms with E-state index in [-0.39, 0.29) is 12.5 Å². The molecule has 1 heterocycles. The molecule has 1 amide bonds. The number of rotatable bonds is 4. The molecule has 0 fully saturated rings. The number of ether oxygens (including phenoxy) is 1. The second-order valence-corrected chi connectivity index (χ2v) is 6.32. The molecule has 0 radical (unpaired) electrons. The average molecular weight is 358 g/mol. The highest BCUT2D eigenvalue weighted by molar-refractivity contribution is 6.06. The Kier molecular flexibility index (Phi) is 4.34. The van der Waals surface area contributed by atoms with Crippen molar-refractivity contribution in [3.63, 3.8) is 0 Å². The number of esters is 1. The van der Waals surface area contributed by atoms with Crippen LogP contribution in [0.1, 0.15) is 10.4 Å². The molecule has 0 atom stereocenters. The molecular weight excluding hydrogens is 340 g/mol. The highest BCUT2D eigenvalue weighted by Crippen LogP contribution is 2.23.